The quantitative estimate of drug-likeness (QED) is 0.627. The molecule has 0 bridgehead atoms. The summed E-state index contributed by atoms with van der Waals surface area (Å²) in [5.74, 6) is 3.81. The highest BCUT2D eigenvalue weighted by atomic mass is 16.7. The number of nitrogens with zero attached hydrogens (tertiary/aromatic N) is 2. The first-order valence-corrected chi connectivity index (χ1v) is 9.73. The molecule has 0 aliphatic carbocycles. The van der Waals surface area contributed by atoms with Crippen LogP contribution in [0.25, 0.3) is 0 Å². The second-order valence-electron chi connectivity index (χ2n) is 8.15. The van der Waals surface area contributed by atoms with E-state index >= 15 is 0 Å². The zero-order valence-electron chi connectivity index (χ0n) is 17.2. The third-order valence-electron chi connectivity index (χ3n) is 4.75. The van der Waals surface area contributed by atoms with Crippen LogP contribution in [0.2, 0.25) is 0 Å². The predicted molar refractivity (Wildman–Crippen MR) is 115 cm³/mol. The number of aromatic nitrogens is 2. The number of ether oxygens (including phenoxy) is 2. The van der Waals surface area contributed by atoms with E-state index in [1.807, 2.05) is 37.3 Å². The van der Waals surface area contributed by atoms with Gasteiger partial charge in [-0.2, -0.15) is 0 Å². The molecule has 1 aliphatic heterocycles. The molecule has 2 aromatic carbocycles. The first-order chi connectivity index (χ1) is 13.9. The van der Waals surface area contributed by atoms with E-state index in [2.05, 4.69) is 59.6 Å². The second kappa shape index (κ2) is 7.62. The average molecular weight is 390 g/mol. The summed E-state index contributed by atoms with van der Waals surface area (Å²) in [6.45, 7) is 9.42. The van der Waals surface area contributed by atoms with Crippen molar-refractivity contribution in [3.05, 3.63) is 65.5 Å². The first kappa shape index (κ1) is 19.1. The minimum atomic E-state index is 0.0338. The SMILES string of the molecule is Cc1nc(NCc2ccc3c(c2)OCO3)cc(Nc2ccccc2C(C)(C)C)n1. The Balaban J connectivity index is 1.51. The van der Waals surface area contributed by atoms with Crippen LogP contribution in [-0.4, -0.2) is 16.8 Å². The maximum absolute atomic E-state index is 5.45. The van der Waals surface area contributed by atoms with Crippen LogP contribution in [0.15, 0.2) is 48.5 Å². The summed E-state index contributed by atoms with van der Waals surface area (Å²) in [6.07, 6.45) is 0. The van der Waals surface area contributed by atoms with Crippen LogP contribution >= 0.6 is 0 Å². The van der Waals surface area contributed by atoms with Gasteiger partial charge in [0.2, 0.25) is 6.79 Å². The van der Waals surface area contributed by atoms with Gasteiger partial charge in [-0.15, -0.1) is 0 Å². The van der Waals surface area contributed by atoms with Crippen molar-refractivity contribution in [2.24, 2.45) is 0 Å². The summed E-state index contributed by atoms with van der Waals surface area (Å²) in [4.78, 5) is 9.07. The molecular formula is C23H26N4O2. The standard InChI is InChI=1S/C23H26N4O2/c1-15-25-21(24-13-16-9-10-19-20(11-16)29-14-28-19)12-22(26-15)27-18-8-6-5-7-17(18)23(2,3)4/h5-12H,13-14H2,1-4H3,(H2,24,25,26,27). The fourth-order valence-electron chi connectivity index (χ4n) is 3.35. The summed E-state index contributed by atoms with van der Waals surface area (Å²) in [5, 5.41) is 6.84. The van der Waals surface area contributed by atoms with Crippen molar-refractivity contribution in [1.29, 1.82) is 0 Å². The molecule has 3 aromatic rings. The molecular weight excluding hydrogens is 364 g/mol. The van der Waals surface area contributed by atoms with Gasteiger partial charge >= 0.3 is 0 Å². The van der Waals surface area contributed by atoms with Crippen LogP contribution in [0.4, 0.5) is 17.3 Å². The number of nitrogens with one attached hydrogen (secondary N) is 2. The fraction of sp³-hybridized carbons (Fsp3) is 0.304. The molecule has 0 spiro atoms. The maximum atomic E-state index is 5.45. The smallest absolute Gasteiger partial charge is 0.231 e. The lowest BCUT2D eigenvalue weighted by Crippen LogP contribution is -2.14. The predicted octanol–water partition coefficient (Wildman–Crippen LogP) is 5.17. The molecule has 29 heavy (non-hydrogen) atoms. The summed E-state index contributed by atoms with van der Waals surface area (Å²) >= 11 is 0. The third-order valence-corrected chi connectivity index (χ3v) is 4.75. The lowest BCUT2D eigenvalue weighted by molar-refractivity contribution is 0.174. The molecule has 6 heteroatoms. The highest BCUT2D eigenvalue weighted by Crippen LogP contribution is 2.33. The Morgan fingerprint density at radius 3 is 2.52 bits per heavy atom. The van der Waals surface area contributed by atoms with Crippen molar-refractivity contribution in [2.75, 3.05) is 17.4 Å². The topological polar surface area (TPSA) is 68.3 Å². The molecule has 1 aliphatic rings. The number of rotatable bonds is 5. The van der Waals surface area contributed by atoms with Gasteiger partial charge in [-0.1, -0.05) is 45.0 Å². The number of aryl methyl sites for hydroxylation is 1. The molecule has 0 fully saturated rings. The lowest BCUT2D eigenvalue weighted by atomic mass is 9.86. The Morgan fingerprint density at radius 1 is 0.931 bits per heavy atom. The van der Waals surface area contributed by atoms with E-state index < -0.39 is 0 Å². The Bertz CT molecular complexity index is 1030. The van der Waals surface area contributed by atoms with Gasteiger partial charge < -0.3 is 20.1 Å². The molecule has 6 nitrogen and oxygen atoms in total. The van der Waals surface area contributed by atoms with Crippen LogP contribution in [-0.2, 0) is 12.0 Å². The largest absolute Gasteiger partial charge is 0.454 e. The van der Waals surface area contributed by atoms with E-state index in [0.717, 1.165) is 34.4 Å². The highest BCUT2D eigenvalue weighted by molar-refractivity contribution is 5.64. The molecule has 1 aromatic heterocycles. The van der Waals surface area contributed by atoms with Crippen LogP contribution in [0.5, 0.6) is 11.5 Å². The van der Waals surface area contributed by atoms with Crippen molar-refractivity contribution < 1.29 is 9.47 Å². The molecule has 2 N–H and O–H groups in total. The number of hydrogen-bond acceptors (Lipinski definition) is 6. The zero-order valence-corrected chi connectivity index (χ0v) is 17.2. The van der Waals surface area contributed by atoms with Gasteiger partial charge in [-0.05, 0) is 41.7 Å². The number of para-hydroxylation sites is 1. The van der Waals surface area contributed by atoms with E-state index in [1.54, 1.807) is 0 Å². The molecule has 0 unspecified atom stereocenters. The number of fused-ring (bicyclic) bond motifs is 1. The Labute approximate surface area is 171 Å². The molecule has 0 atom stereocenters. The van der Waals surface area contributed by atoms with Crippen LogP contribution in [0.1, 0.15) is 37.7 Å². The monoisotopic (exact) mass is 390 g/mol. The van der Waals surface area contributed by atoms with E-state index in [1.165, 1.54) is 5.56 Å². The van der Waals surface area contributed by atoms with E-state index in [9.17, 15) is 0 Å². The Kier molecular flexibility index (Phi) is 5.01. The minimum Gasteiger partial charge on any atom is -0.454 e. The molecule has 150 valence electrons. The normalized spacial score (nSPS) is 12.7. The molecule has 0 saturated carbocycles. The average Bonchev–Trinajstić information content (AvgIpc) is 3.13. The van der Waals surface area contributed by atoms with Gasteiger partial charge in [0.15, 0.2) is 11.5 Å². The van der Waals surface area contributed by atoms with Gasteiger partial charge in [0.25, 0.3) is 0 Å². The lowest BCUT2D eigenvalue weighted by Gasteiger charge is -2.23. The number of anilines is 3. The van der Waals surface area contributed by atoms with Crippen molar-refractivity contribution in [3.63, 3.8) is 0 Å². The molecule has 0 radical (unpaired) electrons. The summed E-state index contributed by atoms with van der Waals surface area (Å²) in [5.41, 5.74) is 3.43. The van der Waals surface area contributed by atoms with E-state index in [-0.39, 0.29) is 12.2 Å². The Hall–Kier alpha value is -3.28. The molecule has 2 heterocycles. The van der Waals surface area contributed by atoms with Gasteiger partial charge in [0.05, 0.1) is 0 Å². The van der Waals surface area contributed by atoms with Crippen molar-refractivity contribution in [2.45, 2.75) is 39.7 Å². The van der Waals surface area contributed by atoms with E-state index in [0.29, 0.717) is 12.4 Å². The summed E-state index contributed by atoms with van der Waals surface area (Å²) < 4.78 is 10.8. The molecule has 4 rings (SSSR count). The number of hydrogen-bond donors (Lipinski definition) is 2. The summed E-state index contributed by atoms with van der Waals surface area (Å²) in [6, 6.07) is 16.2. The van der Waals surface area contributed by atoms with Gasteiger partial charge in [-0.25, -0.2) is 9.97 Å². The maximum Gasteiger partial charge on any atom is 0.231 e. The number of benzene rings is 2. The van der Waals surface area contributed by atoms with Crippen molar-refractivity contribution in [1.82, 2.24) is 9.97 Å². The minimum absolute atomic E-state index is 0.0338. The summed E-state index contributed by atoms with van der Waals surface area (Å²) in [7, 11) is 0. The highest BCUT2D eigenvalue weighted by Gasteiger charge is 2.18. The second-order valence-corrected chi connectivity index (χ2v) is 8.15. The zero-order chi connectivity index (χ0) is 20.4. The van der Waals surface area contributed by atoms with E-state index in [4.69, 9.17) is 9.47 Å². The third kappa shape index (κ3) is 4.42. The van der Waals surface area contributed by atoms with Crippen molar-refractivity contribution in [3.8, 4) is 11.5 Å². The van der Waals surface area contributed by atoms with Gasteiger partial charge in [0.1, 0.15) is 17.5 Å². The first-order valence-electron chi connectivity index (χ1n) is 9.73. The Morgan fingerprint density at radius 2 is 1.69 bits per heavy atom. The van der Waals surface area contributed by atoms with Crippen LogP contribution in [0.3, 0.4) is 0 Å². The van der Waals surface area contributed by atoms with Gasteiger partial charge in [-0.3, -0.25) is 0 Å². The van der Waals surface area contributed by atoms with Crippen LogP contribution in [0, 0.1) is 6.92 Å². The van der Waals surface area contributed by atoms with Crippen molar-refractivity contribution >= 4 is 17.3 Å². The molecule has 0 saturated heterocycles. The molecule has 0 amide bonds. The fourth-order valence-corrected chi connectivity index (χ4v) is 3.35. The van der Waals surface area contributed by atoms with Crippen LogP contribution < -0.4 is 20.1 Å². The van der Waals surface area contributed by atoms with Gasteiger partial charge in [0, 0.05) is 18.3 Å².